The molecule has 1 atom stereocenters. The summed E-state index contributed by atoms with van der Waals surface area (Å²) < 4.78 is 19.6. The second-order valence-electron chi connectivity index (χ2n) is 7.42. The average molecular weight is 391 g/mol. The lowest BCUT2D eigenvalue weighted by Gasteiger charge is -2.31. The minimum Gasteiger partial charge on any atom is -0.494 e. The maximum atomic E-state index is 14.5. The molecule has 3 nitrogen and oxygen atoms in total. The zero-order valence-electron chi connectivity index (χ0n) is 16.8. The Hall–Kier alpha value is -2.69. The van der Waals surface area contributed by atoms with Gasteiger partial charge in [0.05, 0.1) is 13.2 Å². The van der Waals surface area contributed by atoms with E-state index in [1.165, 1.54) is 23.8 Å². The van der Waals surface area contributed by atoms with Crippen LogP contribution in [-0.2, 0) is 0 Å². The highest BCUT2D eigenvalue weighted by Crippen LogP contribution is 2.33. The van der Waals surface area contributed by atoms with Crippen molar-refractivity contribution in [3.05, 3.63) is 89.7 Å². The van der Waals surface area contributed by atoms with Gasteiger partial charge in [0.2, 0.25) is 0 Å². The van der Waals surface area contributed by atoms with Crippen LogP contribution in [0.1, 0.15) is 23.6 Å². The minimum atomic E-state index is -0.316. The highest BCUT2D eigenvalue weighted by molar-refractivity contribution is 5.63. The van der Waals surface area contributed by atoms with Crippen LogP contribution in [-0.4, -0.2) is 38.2 Å². The van der Waals surface area contributed by atoms with E-state index < -0.39 is 0 Å². The molecule has 0 radical (unpaired) electrons. The summed E-state index contributed by atoms with van der Waals surface area (Å²) in [7, 11) is 1.50. The Balaban J connectivity index is 1.70. The lowest BCUT2D eigenvalue weighted by Crippen LogP contribution is -2.33. The number of methoxy groups -OCH3 is 1. The highest BCUT2D eigenvalue weighted by Gasteiger charge is 2.24. The molecule has 0 bridgehead atoms. The lowest BCUT2D eigenvalue weighted by atomic mass is 9.94. The molecule has 0 amide bonds. The second-order valence-corrected chi connectivity index (χ2v) is 7.42. The number of hydrogen-bond donors (Lipinski definition) is 1. The number of halogens is 1. The number of hydrogen-bond acceptors (Lipinski definition) is 3. The SMILES string of the molecule is COc1ccc(C(c2ccc(-c3ccccc3)cc2)N2CCCNCC2)cc1F. The first-order valence-electron chi connectivity index (χ1n) is 10.2. The molecule has 0 aromatic heterocycles. The maximum absolute atomic E-state index is 14.5. The first-order chi connectivity index (χ1) is 14.3. The molecular formula is C25H27FN2O. The fraction of sp³-hybridized carbons (Fsp3) is 0.280. The fourth-order valence-corrected chi connectivity index (χ4v) is 4.08. The predicted molar refractivity (Wildman–Crippen MR) is 116 cm³/mol. The van der Waals surface area contributed by atoms with Gasteiger partial charge < -0.3 is 10.1 Å². The summed E-state index contributed by atoms with van der Waals surface area (Å²) >= 11 is 0. The van der Waals surface area contributed by atoms with Crippen LogP contribution in [0.15, 0.2) is 72.8 Å². The number of nitrogens with zero attached hydrogens (tertiary/aromatic N) is 1. The molecule has 0 saturated carbocycles. The topological polar surface area (TPSA) is 24.5 Å². The summed E-state index contributed by atoms with van der Waals surface area (Å²) in [6.07, 6.45) is 1.08. The standard InChI is InChI=1S/C25H27FN2O/c1-29-24-13-12-22(18-23(24)26)25(28-16-5-14-27-15-17-28)21-10-8-20(9-11-21)19-6-3-2-4-7-19/h2-4,6-13,18,25,27H,5,14-17H2,1H3. The summed E-state index contributed by atoms with van der Waals surface area (Å²) in [4.78, 5) is 2.44. The maximum Gasteiger partial charge on any atom is 0.165 e. The molecule has 1 unspecified atom stereocenters. The van der Waals surface area contributed by atoms with Gasteiger partial charge in [0.1, 0.15) is 0 Å². The van der Waals surface area contributed by atoms with E-state index in [0.717, 1.165) is 38.2 Å². The molecule has 150 valence electrons. The molecular weight excluding hydrogens is 363 g/mol. The van der Waals surface area contributed by atoms with Crippen molar-refractivity contribution in [2.24, 2.45) is 0 Å². The van der Waals surface area contributed by atoms with Gasteiger partial charge in [-0.15, -0.1) is 0 Å². The highest BCUT2D eigenvalue weighted by atomic mass is 19.1. The van der Waals surface area contributed by atoms with E-state index in [-0.39, 0.29) is 17.6 Å². The average Bonchev–Trinajstić information content (AvgIpc) is 3.05. The molecule has 4 rings (SSSR count). The van der Waals surface area contributed by atoms with Crippen molar-refractivity contribution in [1.29, 1.82) is 0 Å². The zero-order chi connectivity index (χ0) is 20.1. The molecule has 3 aromatic rings. The zero-order valence-corrected chi connectivity index (χ0v) is 16.8. The molecule has 1 saturated heterocycles. The Morgan fingerprint density at radius 3 is 2.31 bits per heavy atom. The van der Waals surface area contributed by atoms with Crippen molar-refractivity contribution in [3.63, 3.8) is 0 Å². The summed E-state index contributed by atoms with van der Waals surface area (Å²) in [5, 5.41) is 3.46. The molecule has 4 heteroatoms. The smallest absolute Gasteiger partial charge is 0.165 e. The Kier molecular flexibility index (Phi) is 6.23. The number of rotatable bonds is 5. The fourth-order valence-electron chi connectivity index (χ4n) is 4.08. The molecule has 1 aliphatic heterocycles. The van der Waals surface area contributed by atoms with Gasteiger partial charge in [-0.1, -0.05) is 60.7 Å². The summed E-state index contributed by atoms with van der Waals surface area (Å²) in [5.41, 5.74) is 4.52. The molecule has 1 aliphatic rings. The quantitative estimate of drug-likeness (QED) is 0.672. The van der Waals surface area contributed by atoms with Crippen LogP contribution in [0.25, 0.3) is 11.1 Å². The van der Waals surface area contributed by atoms with Crippen LogP contribution in [0.5, 0.6) is 5.75 Å². The number of nitrogens with one attached hydrogen (secondary N) is 1. The van der Waals surface area contributed by atoms with Gasteiger partial charge in [-0.25, -0.2) is 4.39 Å². The molecule has 3 aromatic carbocycles. The first-order valence-corrected chi connectivity index (χ1v) is 10.2. The van der Waals surface area contributed by atoms with Crippen molar-refractivity contribution in [2.75, 3.05) is 33.3 Å². The summed E-state index contributed by atoms with van der Waals surface area (Å²) in [5.74, 6) is -0.0340. The predicted octanol–water partition coefficient (Wildman–Crippen LogP) is 4.89. The van der Waals surface area contributed by atoms with Crippen molar-refractivity contribution in [3.8, 4) is 16.9 Å². The summed E-state index contributed by atoms with van der Waals surface area (Å²) in [6.45, 7) is 3.87. The van der Waals surface area contributed by atoms with Gasteiger partial charge in [-0.05, 0) is 47.4 Å². The third-order valence-electron chi connectivity index (χ3n) is 5.56. The van der Waals surface area contributed by atoms with Crippen molar-refractivity contribution in [1.82, 2.24) is 10.2 Å². The molecule has 1 N–H and O–H groups in total. The second kappa shape index (κ2) is 9.21. The van der Waals surface area contributed by atoms with Crippen LogP contribution >= 0.6 is 0 Å². The van der Waals surface area contributed by atoms with E-state index in [0.29, 0.717) is 0 Å². The third kappa shape index (κ3) is 4.50. The molecule has 0 spiro atoms. The molecule has 1 fully saturated rings. The van der Waals surface area contributed by atoms with E-state index in [1.807, 2.05) is 12.1 Å². The molecule has 0 aliphatic carbocycles. The Morgan fingerprint density at radius 1 is 0.862 bits per heavy atom. The normalized spacial score (nSPS) is 16.2. The van der Waals surface area contributed by atoms with Gasteiger partial charge in [0.15, 0.2) is 11.6 Å². The van der Waals surface area contributed by atoms with E-state index >= 15 is 0 Å². The van der Waals surface area contributed by atoms with Gasteiger partial charge in [0, 0.05) is 19.6 Å². The Morgan fingerprint density at radius 2 is 1.59 bits per heavy atom. The van der Waals surface area contributed by atoms with Crippen molar-refractivity contribution < 1.29 is 9.13 Å². The van der Waals surface area contributed by atoms with Gasteiger partial charge >= 0.3 is 0 Å². The van der Waals surface area contributed by atoms with Crippen molar-refractivity contribution in [2.45, 2.75) is 12.5 Å². The van der Waals surface area contributed by atoms with E-state index in [2.05, 4.69) is 58.7 Å². The van der Waals surface area contributed by atoms with Crippen LogP contribution in [0, 0.1) is 5.82 Å². The Bertz CT molecular complexity index is 919. The van der Waals surface area contributed by atoms with Gasteiger partial charge in [-0.2, -0.15) is 0 Å². The van der Waals surface area contributed by atoms with Gasteiger partial charge in [0.25, 0.3) is 0 Å². The number of ether oxygens (including phenoxy) is 1. The van der Waals surface area contributed by atoms with Crippen LogP contribution < -0.4 is 10.1 Å². The van der Waals surface area contributed by atoms with E-state index in [4.69, 9.17) is 4.74 Å². The molecule has 1 heterocycles. The van der Waals surface area contributed by atoms with Crippen LogP contribution in [0.3, 0.4) is 0 Å². The first kappa shape index (κ1) is 19.6. The molecule has 29 heavy (non-hydrogen) atoms. The third-order valence-corrected chi connectivity index (χ3v) is 5.56. The largest absolute Gasteiger partial charge is 0.494 e. The lowest BCUT2D eigenvalue weighted by molar-refractivity contribution is 0.240. The van der Waals surface area contributed by atoms with E-state index in [1.54, 1.807) is 12.1 Å². The van der Waals surface area contributed by atoms with E-state index in [9.17, 15) is 4.39 Å². The van der Waals surface area contributed by atoms with Crippen molar-refractivity contribution >= 4 is 0 Å². The number of benzene rings is 3. The van der Waals surface area contributed by atoms with Crippen LogP contribution in [0.2, 0.25) is 0 Å². The van der Waals surface area contributed by atoms with Gasteiger partial charge in [-0.3, -0.25) is 4.90 Å². The minimum absolute atomic E-state index is 0.0140. The monoisotopic (exact) mass is 390 g/mol. The van der Waals surface area contributed by atoms with Crippen LogP contribution in [0.4, 0.5) is 4.39 Å². The Labute approximate surface area is 172 Å². The summed E-state index contributed by atoms with van der Waals surface area (Å²) in [6, 6.07) is 24.4.